The van der Waals surface area contributed by atoms with Gasteiger partial charge in [-0.3, -0.25) is 4.90 Å². The maximum absolute atomic E-state index is 9.10. The van der Waals surface area contributed by atoms with Crippen molar-refractivity contribution >= 4 is 35.5 Å². The van der Waals surface area contributed by atoms with Gasteiger partial charge in [0.05, 0.1) is 24.8 Å². The molecule has 194 valence electrons. The van der Waals surface area contributed by atoms with Gasteiger partial charge in [-0.1, -0.05) is 48.2 Å². The van der Waals surface area contributed by atoms with Crippen molar-refractivity contribution in [2.75, 3.05) is 45.9 Å². The van der Waals surface area contributed by atoms with E-state index in [0.717, 1.165) is 37.4 Å². The maximum Gasteiger partial charge on any atom is 0.414 e. The van der Waals surface area contributed by atoms with Gasteiger partial charge >= 0.3 is 11.9 Å². The van der Waals surface area contributed by atoms with Crippen LogP contribution in [0, 0.1) is 11.8 Å². The molecule has 2 aromatic carbocycles. The first-order valence-electron chi connectivity index (χ1n) is 11.5. The van der Waals surface area contributed by atoms with E-state index in [1.807, 2.05) is 6.07 Å². The highest BCUT2D eigenvalue weighted by molar-refractivity contribution is 8.18. The van der Waals surface area contributed by atoms with E-state index in [4.69, 9.17) is 29.3 Å². The van der Waals surface area contributed by atoms with Gasteiger partial charge in [0.25, 0.3) is 0 Å². The summed E-state index contributed by atoms with van der Waals surface area (Å²) in [7, 11) is 5.47. The first kappa shape index (κ1) is 29.4. The Morgan fingerprint density at radius 3 is 2.19 bits per heavy atom. The van der Waals surface area contributed by atoms with Crippen molar-refractivity contribution < 1.29 is 29.3 Å². The number of methoxy groups -OCH3 is 2. The quantitative estimate of drug-likeness (QED) is 0.378. The van der Waals surface area contributed by atoms with Crippen LogP contribution in [0.4, 0.5) is 0 Å². The number of hydrogen-bond donors (Lipinski definition) is 2. The number of aliphatic carboxylic acids is 2. The Hall–Kier alpha value is -2.80. The fourth-order valence-electron chi connectivity index (χ4n) is 3.44. The lowest BCUT2D eigenvalue weighted by atomic mass is 10.1. The molecular weight excluding hydrogens is 498 g/mol. The molecule has 2 aromatic rings. The van der Waals surface area contributed by atoms with Crippen LogP contribution in [0.5, 0.6) is 11.5 Å². The van der Waals surface area contributed by atoms with Crippen LogP contribution in [0.3, 0.4) is 0 Å². The van der Waals surface area contributed by atoms with Crippen molar-refractivity contribution in [3.63, 3.8) is 0 Å². The van der Waals surface area contributed by atoms with Gasteiger partial charge in [-0.2, -0.15) is 0 Å². The van der Waals surface area contributed by atoms with E-state index in [1.165, 1.54) is 29.1 Å². The van der Waals surface area contributed by atoms with E-state index in [2.05, 4.69) is 89.8 Å². The minimum atomic E-state index is -1.82. The molecule has 0 amide bonds. The molecule has 1 fully saturated rings. The predicted octanol–water partition coefficient (Wildman–Crippen LogP) is 4.45. The van der Waals surface area contributed by atoms with Crippen LogP contribution in [0.1, 0.15) is 24.0 Å². The Morgan fingerprint density at radius 2 is 1.61 bits per heavy atom. The van der Waals surface area contributed by atoms with Crippen LogP contribution >= 0.6 is 23.5 Å². The summed E-state index contributed by atoms with van der Waals surface area (Å²) < 4.78 is 10.8. The number of carboxylic acid groups (broad SMARTS) is 2. The molecule has 2 N–H and O–H groups in total. The summed E-state index contributed by atoms with van der Waals surface area (Å²) in [6, 6.07) is 17.0. The van der Waals surface area contributed by atoms with Crippen molar-refractivity contribution in [3.8, 4) is 23.3 Å². The van der Waals surface area contributed by atoms with Crippen molar-refractivity contribution in [1.82, 2.24) is 4.90 Å². The van der Waals surface area contributed by atoms with Crippen LogP contribution in [-0.4, -0.2) is 72.9 Å². The summed E-state index contributed by atoms with van der Waals surface area (Å²) in [6.07, 6.45) is 3.14. The molecule has 1 aliphatic rings. The molecule has 0 spiro atoms. The number of benzene rings is 2. The number of thioether (sulfide) groups is 2. The fraction of sp³-hybridized carbons (Fsp3) is 0.407. The van der Waals surface area contributed by atoms with Gasteiger partial charge in [0.2, 0.25) is 0 Å². The second-order valence-electron chi connectivity index (χ2n) is 7.99. The molecule has 36 heavy (non-hydrogen) atoms. The minimum Gasteiger partial charge on any atom is -0.493 e. The lowest BCUT2D eigenvalue weighted by Gasteiger charge is -2.35. The monoisotopic (exact) mass is 531 g/mol. The molecule has 1 aliphatic heterocycles. The molecule has 9 heteroatoms. The summed E-state index contributed by atoms with van der Waals surface area (Å²) in [5.74, 6) is 7.23. The number of hydrogen-bond acceptors (Lipinski definition) is 7. The molecule has 0 radical (unpaired) electrons. The average molecular weight is 532 g/mol. The number of carboxylic acids is 2. The molecule has 0 aromatic heterocycles. The Morgan fingerprint density at radius 1 is 0.972 bits per heavy atom. The topological polar surface area (TPSA) is 96.3 Å². The zero-order chi connectivity index (χ0) is 26.4. The van der Waals surface area contributed by atoms with Gasteiger partial charge in [-0.05, 0) is 54.7 Å². The molecule has 7 nitrogen and oxygen atoms in total. The minimum absolute atomic E-state index is 0.0880. The molecule has 1 heterocycles. The van der Waals surface area contributed by atoms with Crippen molar-refractivity contribution in [2.24, 2.45) is 0 Å². The molecule has 1 saturated heterocycles. The van der Waals surface area contributed by atoms with E-state index >= 15 is 0 Å². The summed E-state index contributed by atoms with van der Waals surface area (Å²) in [6.45, 7) is 1.74. The van der Waals surface area contributed by atoms with Gasteiger partial charge in [0.15, 0.2) is 11.5 Å². The molecule has 3 rings (SSSR count). The second-order valence-corrected chi connectivity index (χ2v) is 11.0. The van der Waals surface area contributed by atoms with E-state index in [9.17, 15) is 0 Å². The van der Waals surface area contributed by atoms with Crippen molar-refractivity contribution in [3.05, 3.63) is 59.7 Å². The summed E-state index contributed by atoms with van der Waals surface area (Å²) in [4.78, 5) is 20.5. The third-order valence-corrected chi connectivity index (χ3v) is 8.77. The smallest absolute Gasteiger partial charge is 0.414 e. The highest BCUT2D eigenvalue weighted by atomic mass is 32.2. The van der Waals surface area contributed by atoms with Crippen LogP contribution in [-0.2, 0) is 20.1 Å². The van der Waals surface area contributed by atoms with E-state index in [-0.39, 0.29) is 4.08 Å². The largest absolute Gasteiger partial charge is 0.493 e. The van der Waals surface area contributed by atoms with Gasteiger partial charge in [0.1, 0.15) is 0 Å². The molecule has 0 atom stereocenters. The lowest BCUT2D eigenvalue weighted by Crippen LogP contribution is -2.23. The van der Waals surface area contributed by atoms with Gasteiger partial charge in [-0.25, -0.2) is 9.59 Å². The summed E-state index contributed by atoms with van der Waals surface area (Å²) >= 11 is 4.12. The number of carbonyl (C=O) groups is 2. The van der Waals surface area contributed by atoms with Gasteiger partial charge in [-0.15, -0.1) is 23.5 Å². The second kappa shape index (κ2) is 15.3. The molecule has 0 saturated carbocycles. The van der Waals surface area contributed by atoms with Crippen LogP contribution in [0.15, 0.2) is 48.5 Å². The summed E-state index contributed by atoms with van der Waals surface area (Å²) in [5, 5.41) is 14.8. The number of likely N-dealkylation sites (N-methyl/N-ethyl adjacent to an activating group) is 1. The standard InChI is InChI=1S/C25H31NO2S2.C2H2O4/c1-26(17-14-21-12-13-23(27-2)24(20-21)28-3)16-8-7-15-25(29-18-9-19-30-25)22-10-5-4-6-11-22;3-1(4)2(5)6/h4-6,10-13,20H,9,14-19H2,1-3H3;(H,3,4)(H,5,6). The Labute approximate surface area is 221 Å². The first-order valence-corrected chi connectivity index (χ1v) is 13.4. The Bertz CT molecular complexity index is 1030. The maximum atomic E-state index is 9.10. The molecule has 0 bridgehead atoms. The lowest BCUT2D eigenvalue weighted by molar-refractivity contribution is -0.159. The van der Waals surface area contributed by atoms with Crippen LogP contribution < -0.4 is 9.47 Å². The van der Waals surface area contributed by atoms with Crippen molar-refractivity contribution in [2.45, 2.75) is 23.3 Å². The third-order valence-electron chi connectivity index (χ3n) is 5.38. The normalized spacial score (nSPS) is 14.0. The number of rotatable bonds is 8. The zero-order valence-corrected chi connectivity index (χ0v) is 22.5. The summed E-state index contributed by atoms with van der Waals surface area (Å²) in [5.41, 5.74) is 2.64. The Balaban J connectivity index is 0.000000678. The first-order chi connectivity index (χ1) is 17.3. The van der Waals surface area contributed by atoms with Crippen LogP contribution in [0.25, 0.3) is 0 Å². The zero-order valence-electron chi connectivity index (χ0n) is 20.9. The number of ether oxygens (including phenoxy) is 2. The molecule has 0 unspecified atom stereocenters. The van der Waals surface area contributed by atoms with E-state index in [1.54, 1.807) is 14.2 Å². The highest BCUT2D eigenvalue weighted by Gasteiger charge is 2.34. The van der Waals surface area contributed by atoms with E-state index < -0.39 is 11.9 Å². The highest BCUT2D eigenvalue weighted by Crippen LogP contribution is 2.52. The predicted molar refractivity (Wildman–Crippen MR) is 146 cm³/mol. The fourth-order valence-corrected chi connectivity index (χ4v) is 6.65. The van der Waals surface area contributed by atoms with Crippen molar-refractivity contribution in [1.29, 1.82) is 0 Å². The van der Waals surface area contributed by atoms with Gasteiger partial charge in [0, 0.05) is 13.0 Å². The average Bonchev–Trinajstić information content (AvgIpc) is 2.91. The number of nitrogens with zero attached hydrogens (tertiary/aromatic N) is 1. The SMILES string of the molecule is COc1ccc(CCN(C)CC#CCC2(c3ccccc3)SCCCS2)cc1OC.O=C(O)C(=O)O. The molecular formula is C27H33NO6S2. The van der Waals surface area contributed by atoms with E-state index in [0.29, 0.717) is 0 Å². The van der Waals surface area contributed by atoms with Gasteiger partial charge < -0.3 is 19.7 Å². The Kier molecular flexibility index (Phi) is 12.5. The third kappa shape index (κ3) is 9.34. The molecule has 0 aliphatic carbocycles. The van der Waals surface area contributed by atoms with Crippen LogP contribution in [0.2, 0.25) is 0 Å².